The Morgan fingerprint density at radius 2 is 2.20 bits per heavy atom. The maximum atomic E-state index is 8.99. The predicted octanol–water partition coefficient (Wildman–Crippen LogP) is 2.28. The van der Waals surface area contributed by atoms with E-state index in [-0.39, 0.29) is 6.10 Å². The van der Waals surface area contributed by atoms with Gasteiger partial charge in [0.2, 0.25) is 0 Å². The molecule has 1 heteroatoms. The Kier molecular flexibility index (Phi) is 6.19. The van der Waals surface area contributed by atoms with Crippen LogP contribution in [0.4, 0.5) is 0 Å². The van der Waals surface area contributed by atoms with Crippen LogP contribution in [-0.2, 0) is 0 Å². The molecule has 0 aromatic carbocycles. The molecule has 0 saturated carbocycles. The molecule has 0 aromatic heterocycles. The summed E-state index contributed by atoms with van der Waals surface area (Å²) in [6, 6.07) is 0. The van der Waals surface area contributed by atoms with Crippen LogP contribution in [0, 0.1) is 0 Å². The van der Waals surface area contributed by atoms with Gasteiger partial charge in [-0.2, -0.15) is 0 Å². The largest absolute Gasteiger partial charge is 0.389 e. The topological polar surface area (TPSA) is 20.2 Å². The van der Waals surface area contributed by atoms with Crippen LogP contribution in [-0.4, -0.2) is 11.2 Å². The summed E-state index contributed by atoms with van der Waals surface area (Å²) in [5.74, 6) is 0. The van der Waals surface area contributed by atoms with E-state index in [1.165, 1.54) is 6.42 Å². The molecule has 0 spiro atoms. The molecule has 0 heterocycles. The molecular formula is C9H16O. The lowest BCUT2D eigenvalue weighted by atomic mass is 10.2. The molecular weight excluding hydrogens is 124 g/mol. The first-order valence-corrected chi connectivity index (χ1v) is 3.76. The summed E-state index contributed by atoms with van der Waals surface area (Å²) < 4.78 is 0. The highest BCUT2D eigenvalue weighted by Gasteiger charge is 1.90. The molecule has 0 bridgehead atoms. The van der Waals surface area contributed by atoms with Crippen LogP contribution >= 0.6 is 0 Å². The van der Waals surface area contributed by atoms with Gasteiger partial charge >= 0.3 is 0 Å². The number of unbranched alkanes of at least 4 members (excludes halogenated alkanes) is 1. The van der Waals surface area contributed by atoms with Gasteiger partial charge in [0.25, 0.3) is 0 Å². The van der Waals surface area contributed by atoms with Crippen molar-refractivity contribution in [1.29, 1.82) is 0 Å². The van der Waals surface area contributed by atoms with E-state index in [0.29, 0.717) is 6.42 Å². The fourth-order valence-electron chi connectivity index (χ4n) is 0.616. The molecule has 0 aliphatic rings. The van der Waals surface area contributed by atoms with Gasteiger partial charge in [-0.3, -0.25) is 0 Å². The molecule has 58 valence electrons. The maximum Gasteiger partial charge on any atom is 0.0752 e. The molecule has 1 atom stereocenters. The van der Waals surface area contributed by atoms with Crippen LogP contribution in [0.1, 0.15) is 26.2 Å². The summed E-state index contributed by atoms with van der Waals surface area (Å²) in [5.41, 5.74) is 0. The van der Waals surface area contributed by atoms with Gasteiger partial charge in [0.05, 0.1) is 6.10 Å². The van der Waals surface area contributed by atoms with Crippen molar-refractivity contribution in [3.05, 3.63) is 24.8 Å². The quantitative estimate of drug-likeness (QED) is 0.581. The molecule has 0 aromatic rings. The molecule has 0 fully saturated rings. The highest BCUT2D eigenvalue weighted by Crippen LogP contribution is 1.96. The average Bonchev–Trinajstić information content (AvgIpc) is 1.98. The van der Waals surface area contributed by atoms with E-state index >= 15 is 0 Å². The zero-order chi connectivity index (χ0) is 7.82. The van der Waals surface area contributed by atoms with Gasteiger partial charge in [-0.1, -0.05) is 31.6 Å². The fourth-order valence-corrected chi connectivity index (χ4v) is 0.616. The van der Waals surface area contributed by atoms with Gasteiger partial charge in [-0.05, 0) is 12.8 Å². The number of hydrogen-bond donors (Lipinski definition) is 1. The third kappa shape index (κ3) is 5.57. The second-order valence-corrected chi connectivity index (χ2v) is 2.30. The molecule has 0 aliphatic heterocycles. The summed E-state index contributed by atoms with van der Waals surface area (Å²) in [4.78, 5) is 0. The van der Waals surface area contributed by atoms with Gasteiger partial charge in [-0.25, -0.2) is 0 Å². The van der Waals surface area contributed by atoms with Crippen molar-refractivity contribution in [3.63, 3.8) is 0 Å². The zero-order valence-electron chi connectivity index (χ0n) is 6.59. The van der Waals surface area contributed by atoms with Crippen LogP contribution in [0.5, 0.6) is 0 Å². The zero-order valence-corrected chi connectivity index (χ0v) is 6.59. The van der Waals surface area contributed by atoms with E-state index in [4.69, 9.17) is 5.11 Å². The molecule has 1 N–H and O–H groups in total. The van der Waals surface area contributed by atoms with E-state index in [2.05, 4.69) is 19.6 Å². The first kappa shape index (κ1) is 9.44. The Bertz CT molecular complexity index is 105. The standard InChI is InChI=1S/C9H16O/c1-3-5-6-7-8-9(10)4-2/h4,6-7,9-10H,2-3,5,8H2,1H3/b7-6+/t9-/m0/s1. The lowest BCUT2D eigenvalue weighted by molar-refractivity contribution is 0.227. The van der Waals surface area contributed by atoms with Crippen molar-refractivity contribution < 1.29 is 5.11 Å². The van der Waals surface area contributed by atoms with E-state index in [1.807, 2.05) is 6.08 Å². The van der Waals surface area contributed by atoms with Gasteiger partial charge in [-0.15, -0.1) is 6.58 Å². The summed E-state index contributed by atoms with van der Waals surface area (Å²) in [6.45, 7) is 5.61. The van der Waals surface area contributed by atoms with Crippen molar-refractivity contribution in [2.75, 3.05) is 0 Å². The highest BCUT2D eigenvalue weighted by molar-refractivity contribution is 4.89. The monoisotopic (exact) mass is 140 g/mol. The second-order valence-electron chi connectivity index (χ2n) is 2.30. The maximum absolute atomic E-state index is 8.99. The predicted molar refractivity (Wildman–Crippen MR) is 44.9 cm³/mol. The van der Waals surface area contributed by atoms with E-state index in [0.717, 1.165) is 6.42 Å². The summed E-state index contributed by atoms with van der Waals surface area (Å²) in [7, 11) is 0. The van der Waals surface area contributed by atoms with Crippen molar-refractivity contribution in [3.8, 4) is 0 Å². The Hall–Kier alpha value is -0.560. The molecule has 0 unspecified atom stereocenters. The van der Waals surface area contributed by atoms with E-state index in [1.54, 1.807) is 6.08 Å². The third-order valence-electron chi connectivity index (χ3n) is 1.27. The Labute approximate surface area is 63.1 Å². The summed E-state index contributed by atoms with van der Waals surface area (Å²) in [5, 5.41) is 8.99. The summed E-state index contributed by atoms with van der Waals surface area (Å²) >= 11 is 0. The lowest BCUT2D eigenvalue weighted by Crippen LogP contribution is -1.97. The van der Waals surface area contributed by atoms with E-state index in [9.17, 15) is 0 Å². The van der Waals surface area contributed by atoms with Crippen molar-refractivity contribution in [2.45, 2.75) is 32.3 Å². The Balaban J connectivity index is 3.24. The number of aliphatic hydroxyl groups excluding tert-OH is 1. The fraction of sp³-hybridized carbons (Fsp3) is 0.556. The molecule has 0 saturated heterocycles. The number of hydrogen-bond acceptors (Lipinski definition) is 1. The van der Waals surface area contributed by atoms with Crippen LogP contribution in [0.15, 0.2) is 24.8 Å². The van der Waals surface area contributed by atoms with Crippen LogP contribution in [0.2, 0.25) is 0 Å². The minimum absolute atomic E-state index is 0.367. The number of rotatable bonds is 5. The van der Waals surface area contributed by atoms with Crippen molar-refractivity contribution in [1.82, 2.24) is 0 Å². The first-order chi connectivity index (χ1) is 4.81. The molecule has 10 heavy (non-hydrogen) atoms. The van der Waals surface area contributed by atoms with Gasteiger partial charge in [0.15, 0.2) is 0 Å². The van der Waals surface area contributed by atoms with E-state index < -0.39 is 0 Å². The number of aliphatic hydroxyl groups is 1. The molecule has 1 nitrogen and oxygen atoms in total. The van der Waals surface area contributed by atoms with Gasteiger partial charge < -0.3 is 5.11 Å². The SMILES string of the molecule is C=C[C@H](O)C/C=C/CCC. The van der Waals surface area contributed by atoms with Crippen LogP contribution in [0.3, 0.4) is 0 Å². The first-order valence-electron chi connectivity index (χ1n) is 3.76. The third-order valence-corrected chi connectivity index (χ3v) is 1.27. The molecule has 0 rings (SSSR count). The molecule has 0 amide bonds. The Morgan fingerprint density at radius 1 is 1.50 bits per heavy atom. The lowest BCUT2D eigenvalue weighted by Gasteiger charge is -1.97. The molecule has 0 aliphatic carbocycles. The number of allylic oxidation sites excluding steroid dienone is 1. The van der Waals surface area contributed by atoms with Crippen LogP contribution < -0.4 is 0 Å². The molecule has 0 radical (unpaired) electrons. The van der Waals surface area contributed by atoms with Crippen molar-refractivity contribution >= 4 is 0 Å². The van der Waals surface area contributed by atoms with Gasteiger partial charge in [0, 0.05) is 0 Å². The smallest absolute Gasteiger partial charge is 0.0752 e. The van der Waals surface area contributed by atoms with Crippen LogP contribution in [0.25, 0.3) is 0 Å². The highest BCUT2D eigenvalue weighted by atomic mass is 16.3. The van der Waals surface area contributed by atoms with Gasteiger partial charge in [0.1, 0.15) is 0 Å². The minimum Gasteiger partial charge on any atom is -0.389 e. The Morgan fingerprint density at radius 3 is 2.70 bits per heavy atom. The minimum atomic E-state index is -0.367. The normalized spacial score (nSPS) is 13.8. The van der Waals surface area contributed by atoms with Crippen molar-refractivity contribution in [2.24, 2.45) is 0 Å². The average molecular weight is 140 g/mol. The summed E-state index contributed by atoms with van der Waals surface area (Å²) in [6.07, 6.45) is 8.24. The second kappa shape index (κ2) is 6.56.